The average Bonchev–Trinajstić information content (AvgIpc) is 2.46. The number of hydrogen-bond donors (Lipinski definition) is 1. The van der Waals surface area contributed by atoms with Crippen molar-refractivity contribution in [2.75, 3.05) is 26.3 Å². The molecule has 0 spiro atoms. The van der Waals surface area contributed by atoms with Crippen LogP contribution in [0.5, 0.6) is 0 Å². The number of nitrogens with zero attached hydrogens (tertiary/aromatic N) is 1. The highest BCUT2D eigenvalue weighted by Gasteiger charge is 2.27. The molecule has 2 unspecified atom stereocenters. The van der Waals surface area contributed by atoms with Gasteiger partial charge in [-0.15, -0.1) is 0 Å². The summed E-state index contributed by atoms with van der Waals surface area (Å²) in [4.78, 5) is 2.44. The van der Waals surface area contributed by atoms with Crippen molar-refractivity contribution < 1.29 is 4.74 Å². The molecule has 0 bridgehead atoms. The van der Waals surface area contributed by atoms with Gasteiger partial charge in [0.15, 0.2) is 0 Å². The van der Waals surface area contributed by atoms with Crippen LogP contribution in [0.3, 0.4) is 0 Å². The molecule has 1 aromatic carbocycles. The predicted molar refractivity (Wildman–Crippen MR) is 85.7 cm³/mol. The third-order valence-corrected chi connectivity index (χ3v) is 3.79. The summed E-state index contributed by atoms with van der Waals surface area (Å²) in [5, 5.41) is 0. The first-order valence-corrected chi connectivity index (χ1v) is 7.74. The highest BCUT2D eigenvalue weighted by atomic mass is 16.5. The van der Waals surface area contributed by atoms with Gasteiger partial charge in [0.05, 0.1) is 6.61 Å². The van der Waals surface area contributed by atoms with E-state index in [0.717, 1.165) is 26.3 Å². The first kappa shape index (κ1) is 17.2. The highest BCUT2D eigenvalue weighted by molar-refractivity contribution is 5.20. The van der Waals surface area contributed by atoms with Crippen molar-refractivity contribution in [2.45, 2.75) is 39.8 Å². The summed E-state index contributed by atoms with van der Waals surface area (Å²) in [5.41, 5.74) is 7.75. The Morgan fingerprint density at radius 3 is 2.30 bits per heavy atom. The Morgan fingerprint density at radius 2 is 1.80 bits per heavy atom. The maximum absolute atomic E-state index is 6.54. The van der Waals surface area contributed by atoms with Gasteiger partial charge in [0.1, 0.15) is 0 Å². The average molecular weight is 278 g/mol. The zero-order valence-electron chi connectivity index (χ0n) is 13.4. The van der Waals surface area contributed by atoms with Gasteiger partial charge in [-0.25, -0.2) is 0 Å². The normalized spacial score (nSPS) is 14.8. The van der Waals surface area contributed by atoms with Crippen LogP contribution in [0.15, 0.2) is 30.3 Å². The van der Waals surface area contributed by atoms with Crippen LogP contribution in [0.1, 0.15) is 39.3 Å². The van der Waals surface area contributed by atoms with E-state index >= 15 is 0 Å². The third kappa shape index (κ3) is 4.89. The van der Waals surface area contributed by atoms with Gasteiger partial charge in [-0.2, -0.15) is 0 Å². The van der Waals surface area contributed by atoms with Gasteiger partial charge in [0.25, 0.3) is 0 Å². The molecule has 0 aliphatic heterocycles. The van der Waals surface area contributed by atoms with Gasteiger partial charge in [-0.3, -0.25) is 4.90 Å². The van der Waals surface area contributed by atoms with Crippen LogP contribution >= 0.6 is 0 Å². The Morgan fingerprint density at radius 1 is 1.15 bits per heavy atom. The molecule has 0 saturated heterocycles. The van der Waals surface area contributed by atoms with E-state index in [4.69, 9.17) is 10.5 Å². The summed E-state index contributed by atoms with van der Waals surface area (Å²) in [5.74, 6) is 0.506. The Labute approximate surface area is 124 Å². The van der Waals surface area contributed by atoms with Crippen LogP contribution in [0.25, 0.3) is 0 Å². The zero-order valence-corrected chi connectivity index (χ0v) is 13.4. The molecule has 20 heavy (non-hydrogen) atoms. The van der Waals surface area contributed by atoms with Crippen LogP contribution < -0.4 is 5.73 Å². The largest absolute Gasteiger partial charge is 0.380 e. The molecule has 2 N–H and O–H groups in total. The SMILES string of the molecule is CCOCCN(CC)C(C(C)C)C(N)c1ccccc1. The Hall–Kier alpha value is -0.900. The number of likely N-dealkylation sites (N-methyl/N-ethyl adjacent to an activating group) is 1. The summed E-state index contributed by atoms with van der Waals surface area (Å²) in [6.45, 7) is 12.2. The monoisotopic (exact) mass is 278 g/mol. The summed E-state index contributed by atoms with van der Waals surface area (Å²) >= 11 is 0. The minimum atomic E-state index is 0.0396. The molecule has 0 aliphatic carbocycles. The number of nitrogens with two attached hydrogens (primary N) is 1. The van der Waals surface area contributed by atoms with E-state index in [1.807, 2.05) is 13.0 Å². The molecular weight excluding hydrogens is 248 g/mol. The van der Waals surface area contributed by atoms with Crippen LogP contribution in [0.2, 0.25) is 0 Å². The lowest BCUT2D eigenvalue weighted by Gasteiger charge is -2.37. The molecule has 1 rings (SSSR count). The molecule has 2 atom stereocenters. The summed E-state index contributed by atoms with van der Waals surface area (Å²) < 4.78 is 5.50. The topological polar surface area (TPSA) is 38.5 Å². The minimum Gasteiger partial charge on any atom is -0.380 e. The Kier molecular flexibility index (Phi) is 7.82. The fraction of sp³-hybridized carbons (Fsp3) is 0.647. The zero-order chi connectivity index (χ0) is 15.0. The van der Waals surface area contributed by atoms with Gasteiger partial charge in [-0.05, 0) is 24.9 Å². The molecule has 1 aromatic rings. The van der Waals surface area contributed by atoms with E-state index in [-0.39, 0.29) is 6.04 Å². The van der Waals surface area contributed by atoms with Gasteiger partial charge >= 0.3 is 0 Å². The molecule has 0 fully saturated rings. The van der Waals surface area contributed by atoms with Gasteiger partial charge in [0, 0.05) is 25.2 Å². The Bertz CT molecular complexity index is 353. The lowest BCUT2D eigenvalue weighted by Crippen LogP contribution is -2.47. The molecule has 0 aliphatic rings. The van der Waals surface area contributed by atoms with Crippen LogP contribution in [-0.4, -0.2) is 37.2 Å². The van der Waals surface area contributed by atoms with Crippen molar-refractivity contribution in [1.82, 2.24) is 4.90 Å². The van der Waals surface area contributed by atoms with E-state index in [1.54, 1.807) is 0 Å². The summed E-state index contributed by atoms with van der Waals surface area (Å²) in [6, 6.07) is 10.8. The third-order valence-electron chi connectivity index (χ3n) is 3.79. The van der Waals surface area contributed by atoms with E-state index in [0.29, 0.717) is 12.0 Å². The maximum atomic E-state index is 6.54. The number of rotatable bonds is 9. The molecule has 114 valence electrons. The molecule has 3 nitrogen and oxygen atoms in total. The molecule has 0 amide bonds. The molecule has 0 aromatic heterocycles. The predicted octanol–water partition coefficient (Wildman–Crippen LogP) is 3.07. The van der Waals surface area contributed by atoms with Gasteiger partial charge in [0.2, 0.25) is 0 Å². The van der Waals surface area contributed by atoms with Gasteiger partial charge in [-0.1, -0.05) is 51.1 Å². The van der Waals surface area contributed by atoms with Crippen LogP contribution in [0, 0.1) is 5.92 Å². The molecule has 0 saturated carbocycles. The molecule has 3 heteroatoms. The van der Waals surface area contributed by atoms with E-state index < -0.39 is 0 Å². The van der Waals surface area contributed by atoms with E-state index in [9.17, 15) is 0 Å². The lowest BCUT2D eigenvalue weighted by atomic mass is 9.90. The van der Waals surface area contributed by atoms with Crippen molar-refractivity contribution in [1.29, 1.82) is 0 Å². The first-order chi connectivity index (χ1) is 9.61. The number of benzene rings is 1. The molecular formula is C17H30N2O. The fourth-order valence-electron chi connectivity index (χ4n) is 2.78. The van der Waals surface area contributed by atoms with Crippen LogP contribution in [-0.2, 0) is 4.74 Å². The van der Waals surface area contributed by atoms with E-state index in [2.05, 4.69) is 49.9 Å². The van der Waals surface area contributed by atoms with Gasteiger partial charge < -0.3 is 10.5 Å². The fourth-order valence-corrected chi connectivity index (χ4v) is 2.78. The standard InChI is InChI=1S/C17H30N2O/c1-5-19(12-13-20-6-2)17(14(3)4)16(18)15-10-8-7-9-11-15/h7-11,14,16-17H,5-6,12-13,18H2,1-4H3. The number of hydrogen-bond acceptors (Lipinski definition) is 3. The lowest BCUT2D eigenvalue weighted by molar-refractivity contribution is 0.0741. The highest BCUT2D eigenvalue weighted by Crippen LogP contribution is 2.24. The van der Waals surface area contributed by atoms with Crippen molar-refractivity contribution in [3.05, 3.63) is 35.9 Å². The van der Waals surface area contributed by atoms with Crippen molar-refractivity contribution in [2.24, 2.45) is 11.7 Å². The smallest absolute Gasteiger partial charge is 0.0593 e. The van der Waals surface area contributed by atoms with Crippen molar-refractivity contribution in [3.63, 3.8) is 0 Å². The summed E-state index contributed by atoms with van der Waals surface area (Å²) in [7, 11) is 0. The quantitative estimate of drug-likeness (QED) is 0.706. The summed E-state index contributed by atoms with van der Waals surface area (Å²) in [6.07, 6.45) is 0. The second-order valence-corrected chi connectivity index (χ2v) is 5.50. The maximum Gasteiger partial charge on any atom is 0.0593 e. The van der Waals surface area contributed by atoms with Crippen molar-refractivity contribution >= 4 is 0 Å². The second kappa shape index (κ2) is 9.11. The molecule has 0 radical (unpaired) electrons. The number of ether oxygens (including phenoxy) is 1. The van der Waals surface area contributed by atoms with Crippen LogP contribution in [0.4, 0.5) is 0 Å². The van der Waals surface area contributed by atoms with Crippen molar-refractivity contribution in [3.8, 4) is 0 Å². The Balaban J connectivity index is 2.80. The minimum absolute atomic E-state index is 0.0396. The van der Waals surface area contributed by atoms with E-state index in [1.165, 1.54) is 5.56 Å². The first-order valence-electron chi connectivity index (χ1n) is 7.74. The molecule has 0 heterocycles. The second-order valence-electron chi connectivity index (χ2n) is 5.50.